The maximum atomic E-state index is 12.1. The lowest BCUT2D eigenvalue weighted by Crippen LogP contribution is -2.32. The molecule has 0 bridgehead atoms. The Morgan fingerprint density at radius 3 is 2.89 bits per heavy atom. The van der Waals surface area contributed by atoms with Crippen LogP contribution in [0.2, 0.25) is 0 Å². The van der Waals surface area contributed by atoms with Gasteiger partial charge in [-0.2, -0.15) is 0 Å². The summed E-state index contributed by atoms with van der Waals surface area (Å²) in [4.78, 5) is 12.1. The summed E-state index contributed by atoms with van der Waals surface area (Å²) in [5.41, 5.74) is 6.91. The van der Waals surface area contributed by atoms with E-state index >= 15 is 0 Å². The molecule has 4 heteroatoms. The highest BCUT2D eigenvalue weighted by molar-refractivity contribution is 5.95. The summed E-state index contributed by atoms with van der Waals surface area (Å²) in [5.74, 6) is 0.467. The summed E-state index contributed by atoms with van der Waals surface area (Å²) in [6.07, 6.45) is 6.17. The van der Waals surface area contributed by atoms with Crippen molar-refractivity contribution < 1.29 is 9.53 Å². The standard InChI is InChI=1S/C15H20N2O2/c1-2-9-19-14-10-11(7-8-13(14)16)15(18)17-12-5-3-4-6-12/h2,7-8,10,12H,1,3-6,9,16H2,(H,17,18). The fraction of sp³-hybridized carbons (Fsp3) is 0.400. The van der Waals surface area contributed by atoms with Gasteiger partial charge in [-0.15, -0.1) is 0 Å². The number of hydrogen-bond acceptors (Lipinski definition) is 3. The van der Waals surface area contributed by atoms with E-state index < -0.39 is 0 Å². The quantitative estimate of drug-likeness (QED) is 0.631. The third-order valence-electron chi connectivity index (χ3n) is 3.32. The maximum Gasteiger partial charge on any atom is 0.251 e. The maximum absolute atomic E-state index is 12.1. The Bertz CT molecular complexity index is 465. The summed E-state index contributed by atoms with van der Waals surface area (Å²) in [7, 11) is 0. The van der Waals surface area contributed by atoms with Gasteiger partial charge in [-0.1, -0.05) is 25.5 Å². The number of hydrogen-bond donors (Lipinski definition) is 2. The molecule has 0 atom stereocenters. The third-order valence-corrected chi connectivity index (χ3v) is 3.32. The first-order valence-corrected chi connectivity index (χ1v) is 6.65. The van der Waals surface area contributed by atoms with E-state index in [0.717, 1.165) is 12.8 Å². The monoisotopic (exact) mass is 260 g/mol. The minimum atomic E-state index is -0.0599. The van der Waals surface area contributed by atoms with Gasteiger partial charge in [0.1, 0.15) is 12.4 Å². The molecule has 4 nitrogen and oxygen atoms in total. The minimum absolute atomic E-state index is 0.0599. The second-order valence-electron chi connectivity index (χ2n) is 4.81. The zero-order valence-corrected chi connectivity index (χ0v) is 11.0. The highest BCUT2D eigenvalue weighted by Gasteiger charge is 2.18. The highest BCUT2D eigenvalue weighted by Crippen LogP contribution is 2.23. The molecule has 1 aromatic rings. The molecule has 19 heavy (non-hydrogen) atoms. The zero-order valence-electron chi connectivity index (χ0n) is 11.0. The van der Waals surface area contributed by atoms with Gasteiger partial charge in [0.2, 0.25) is 0 Å². The molecule has 1 fully saturated rings. The second kappa shape index (κ2) is 6.27. The molecule has 0 spiro atoms. The van der Waals surface area contributed by atoms with E-state index in [4.69, 9.17) is 10.5 Å². The topological polar surface area (TPSA) is 64.3 Å². The molecule has 3 N–H and O–H groups in total. The van der Waals surface area contributed by atoms with Crippen molar-refractivity contribution in [3.8, 4) is 5.75 Å². The molecule has 1 amide bonds. The van der Waals surface area contributed by atoms with Crippen molar-refractivity contribution >= 4 is 11.6 Å². The van der Waals surface area contributed by atoms with Gasteiger partial charge < -0.3 is 15.8 Å². The van der Waals surface area contributed by atoms with Crippen molar-refractivity contribution in [1.82, 2.24) is 5.32 Å². The fourth-order valence-corrected chi connectivity index (χ4v) is 2.29. The lowest BCUT2D eigenvalue weighted by atomic mass is 10.1. The Labute approximate surface area is 113 Å². The Balaban J connectivity index is 2.05. The molecular weight excluding hydrogens is 240 g/mol. The lowest BCUT2D eigenvalue weighted by molar-refractivity contribution is 0.0937. The van der Waals surface area contributed by atoms with E-state index in [1.165, 1.54) is 12.8 Å². The summed E-state index contributed by atoms with van der Waals surface area (Å²) in [6, 6.07) is 5.41. The van der Waals surface area contributed by atoms with Crippen LogP contribution in [0.25, 0.3) is 0 Å². The zero-order chi connectivity index (χ0) is 13.7. The van der Waals surface area contributed by atoms with Crippen LogP contribution < -0.4 is 15.8 Å². The first-order valence-electron chi connectivity index (χ1n) is 6.65. The first kappa shape index (κ1) is 13.5. The molecule has 0 unspecified atom stereocenters. The van der Waals surface area contributed by atoms with Crippen LogP contribution in [0, 0.1) is 0 Å². The van der Waals surface area contributed by atoms with Crippen LogP contribution in [0.3, 0.4) is 0 Å². The van der Waals surface area contributed by atoms with Gasteiger partial charge in [-0.05, 0) is 31.0 Å². The Morgan fingerprint density at radius 1 is 1.47 bits per heavy atom. The largest absolute Gasteiger partial charge is 0.487 e. The van der Waals surface area contributed by atoms with Crippen molar-refractivity contribution in [3.63, 3.8) is 0 Å². The molecular formula is C15H20N2O2. The number of carbonyl (C=O) groups is 1. The number of rotatable bonds is 5. The number of nitrogens with one attached hydrogen (secondary N) is 1. The molecule has 0 saturated heterocycles. The van der Waals surface area contributed by atoms with E-state index in [2.05, 4.69) is 11.9 Å². The van der Waals surface area contributed by atoms with Crippen molar-refractivity contribution in [2.45, 2.75) is 31.7 Å². The van der Waals surface area contributed by atoms with E-state index in [1.54, 1.807) is 24.3 Å². The molecule has 102 valence electrons. The number of nitrogens with two attached hydrogens (primary N) is 1. The molecule has 0 aromatic heterocycles. The molecule has 0 heterocycles. The average Bonchev–Trinajstić information content (AvgIpc) is 2.90. The van der Waals surface area contributed by atoms with Gasteiger partial charge in [0.05, 0.1) is 5.69 Å². The van der Waals surface area contributed by atoms with Gasteiger partial charge in [0.15, 0.2) is 0 Å². The van der Waals surface area contributed by atoms with Gasteiger partial charge in [0.25, 0.3) is 5.91 Å². The van der Waals surface area contributed by atoms with Crippen LogP contribution in [-0.4, -0.2) is 18.6 Å². The van der Waals surface area contributed by atoms with Crippen molar-refractivity contribution in [3.05, 3.63) is 36.4 Å². The number of ether oxygens (including phenoxy) is 1. The predicted octanol–water partition coefficient (Wildman–Crippen LogP) is 2.51. The van der Waals surface area contributed by atoms with Crippen LogP contribution in [-0.2, 0) is 0 Å². The van der Waals surface area contributed by atoms with E-state index in [9.17, 15) is 4.79 Å². The van der Waals surface area contributed by atoms with Crippen LogP contribution in [0.5, 0.6) is 5.75 Å². The summed E-state index contributed by atoms with van der Waals surface area (Å²) >= 11 is 0. The molecule has 1 aliphatic carbocycles. The van der Waals surface area contributed by atoms with E-state index in [-0.39, 0.29) is 5.91 Å². The van der Waals surface area contributed by atoms with Crippen LogP contribution in [0.1, 0.15) is 36.0 Å². The van der Waals surface area contributed by atoms with Gasteiger partial charge in [0, 0.05) is 11.6 Å². The van der Waals surface area contributed by atoms with Gasteiger partial charge in [-0.25, -0.2) is 0 Å². The molecule has 1 saturated carbocycles. The first-order chi connectivity index (χ1) is 9.20. The SMILES string of the molecule is C=CCOc1cc(C(=O)NC2CCCC2)ccc1N. The molecule has 2 rings (SSSR count). The van der Waals surface area contributed by atoms with Crippen molar-refractivity contribution in [1.29, 1.82) is 0 Å². The highest BCUT2D eigenvalue weighted by atomic mass is 16.5. The molecule has 0 radical (unpaired) electrons. The molecule has 1 aromatic carbocycles. The second-order valence-corrected chi connectivity index (χ2v) is 4.81. The Kier molecular flexibility index (Phi) is 4.44. The fourth-order valence-electron chi connectivity index (χ4n) is 2.29. The Morgan fingerprint density at radius 2 is 2.21 bits per heavy atom. The summed E-state index contributed by atoms with van der Waals surface area (Å²) in [6.45, 7) is 3.96. The summed E-state index contributed by atoms with van der Waals surface area (Å²) in [5, 5.41) is 3.04. The van der Waals surface area contributed by atoms with Crippen molar-refractivity contribution in [2.24, 2.45) is 0 Å². The number of anilines is 1. The molecule has 1 aliphatic rings. The lowest BCUT2D eigenvalue weighted by Gasteiger charge is -2.13. The van der Waals surface area contributed by atoms with Crippen LogP contribution in [0.4, 0.5) is 5.69 Å². The van der Waals surface area contributed by atoms with Crippen LogP contribution in [0.15, 0.2) is 30.9 Å². The number of carbonyl (C=O) groups excluding carboxylic acids is 1. The number of amides is 1. The number of nitrogen functional groups attached to an aromatic ring is 1. The normalized spacial score (nSPS) is 15.2. The van der Waals surface area contributed by atoms with Crippen molar-refractivity contribution in [2.75, 3.05) is 12.3 Å². The van der Waals surface area contributed by atoms with Gasteiger partial charge >= 0.3 is 0 Å². The Hall–Kier alpha value is -1.97. The predicted molar refractivity (Wildman–Crippen MR) is 76.3 cm³/mol. The van der Waals surface area contributed by atoms with Gasteiger partial charge in [-0.3, -0.25) is 4.79 Å². The number of benzene rings is 1. The molecule has 0 aliphatic heterocycles. The minimum Gasteiger partial charge on any atom is -0.487 e. The van der Waals surface area contributed by atoms with E-state index in [1.807, 2.05) is 0 Å². The van der Waals surface area contributed by atoms with Crippen LogP contribution >= 0.6 is 0 Å². The summed E-state index contributed by atoms with van der Waals surface area (Å²) < 4.78 is 5.42. The average molecular weight is 260 g/mol. The van der Waals surface area contributed by atoms with E-state index in [0.29, 0.717) is 29.6 Å². The smallest absolute Gasteiger partial charge is 0.251 e. The third kappa shape index (κ3) is 3.50.